The number of imidazole rings is 1. The van der Waals surface area contributed by atoms with E-state index in [1.165, 1.54) is 0 Å². The summed E-state index contributed by atoms with van der Waals surface area (Å²) in [6, 6.07) is 5.73. The summed E-state index contributed by atoms with van der Waals surface area (Å²) in [4.78, 5) is 3.09. The van der Waals surface area contributed by atoms with Gasteiger partial charge < -0.3 is 14.5 Å². The van der Waals surface area contributed by atoms with Crippen LogP contribution >= 0.6 is 12.2 Å². The molecule has 2 rings (SSSR count). The first-order valence-electron chi connectivity index (χ1n) is 6.10. The van der Waals surface area contributed by atoms with E-state index in [1.807, 2.05) is 29.0 Å². The van der Waals surface area contributed by atoms with E-state index < -0.39 is 0 Å². The van der Waals surface area contributed by atoms with E-state index in [0.29, 0.717) is 10.7 Å². The van der Waals surface area contributed by atoms with E-state index in [9.17, 15) is 0 Å². The molecule has 19 heavy (non-hydrogen) atoms. The van der Waals surface area contributed by atoms with Crippen LogP contribution in [0.5, 0.6) is 11.5 Å². The Bertz CT molecular complexity index is 606. The lowest BCUT2D eigenvalue weighted by Crippen LogP contribution is -2.02. The molecule has 5 heteroatoms. The van der Waals surface area contributed by atoms with Gasteiger partial charge in [0.25, 0.3) is 0 Å². The summed E-state index contributed by atoms with van der Waals surface area (Å²) in [6.07, 6.45) is 1.94. The van der Waals surface area contributed by atoms with Crippen molar-refractivity contribution in [2.24, 2.45) is 0 Å². The van der Waals surface area contributed by atoms with Crippen molar-refractivity contribution in [2.75, 3.05) is 14.2 Å². The molecule has 0 fully saturated rings. The first kappa shape index (κ1) is 13.7. The SMILES string of the molecule is COc1cc(OC)cc(-n2c(C(C)C)c[nH]c2=S)c1. The molecular formula is C14H18N2O2S. The summed E-state index contributed by atoms with van der Waals surface area (Å²) in [5.41, 5.74) is 2.06. The Kier molecular flexibility index (Phi) is 3.95. The predicted molar refractivity (Wildman–Crippen MR) is 78.1 cm³/mol. The summed E-state index contributed by atoms with van der Waals surface area (Å²) < 4.78 is 13.3. The van der Waals surface area contributed by atoms with Gasteiger partial charge in [0.15, 0.2) is 4.77 Å². The van der Waals surface area contributed by atoms with E-state index in [1.54, 1.807) is 14.2 Å². The molecule has 102 valence electrons. The highest BCUT2D eigenvalue weighted by molar-refractivity contribution is 7.71. The predicted octanol–water partition coefficient (Wildman–Crippen LogP) is 3.68. The number of ether oxygens (including phenoxy) is 2. The lowest BCUT2D eigenvalue weighted by atomic mass is 10.1. The second-order valence-corrected chi connectivity index (χ2v) is 4.97. The summed E-state index contributed by atoms with van der Waals surface area (Å²) >= 11 is 5.36. The van der Waals surface area contributed by atoms with Crippen LogP contribution in [0.1, 0.15) is 25.5 Å². The van der Waals surface area contributed by atoms with Gasteiger partial charge in [0.2, 0.25) is 0 Å². The maximum Gasteiger partial charge on any atom is 0.182 e. The number of H-pyrrole nitrogens is 1. The van der Waals surface area contributed by atoms with Gasteiger partial charge in [-0.25, -0.2) is 0 Å². The molecule has 0 radical (unpaired) electrons. The molecule has 0 aliphatic rings. The zero-order chi connectivity index (χ0) is 14.0. The van der Waals surface area contributed by atoms with Crippen LogP contribution in [-0.4, -0.2) is 23.8 Å². The van der Waals surface area contributed by atoms with E-state index >= 15 is 0 Å². The molecule has 1 aromatic carbocycles. The van der Waals surface area contributed by atoms with Crippen LogP contribution in [0.15, 0.2) is 24.4 Å². The number of nitrogens with zero attached hydrogens (tertiary/aromatic N) is 1. The zero-order valence-corrected chi connectivity index (χ0v) is 12.4. The second kappa shape index (κ2) is 5.48. The van der Waals surface area contributed by atoms with Gasteiger partial charge in [0.05, 0.1) is 19.9 Å². The monoisotopic (exact) mass is 278 g/mol. The van der Waals surface area contributed by atoms with Crippen LogP contribution < -0.4 is 9.47 Å². The van der Waals surface area contributed by atoms with Gasteiger partial charge in [-0.15, -0.1) is 0 Å². The summed E-state index contributed by atoms with van der Waals surface area (Å²) in [5.74, 6) is 1.85. The van der Waals surface area contributed by atoms with Crippen molar-refractivity contribution in [2.45, 2.75) is 19.8 Å². The highest BCUT2D eigenvalue weighted by atomic mass is 32.1. The first-order chi connectivity index (χ1) is 9.06. The van der Waals surface area contributed by atoms with Crippen molar-refractivity contribution in [3.05, 3.63) is 34.9 Å². The number of hydrogen-bond donors (Lipinski definition) is 1. The van der Waals surface area contributed by atoms with Crippen molar-refractivity contribution < 1.29 is 9.47 Å². The Hall–Kier alpha value is -1.75. The fourth-order valence-corrected chi connectivity index (χ4v) is 2.26. The Morgan fingerprint density at radius 3 is 2.16 bits per heavy atom. The maximum absolute atomic E-state index is 5.36. The number of nitrogens with one attached hydrogen (secondary N) is 1. The van der Waals surface area contributed by atoms with Crippen molar-refractivity contribution >= 4 is 12.2 Å². The lowest BCUT2D eigenvalue weighted by Gasteiger charge is -2.13. The van der Waals surface area contributed by atoms with Crippen molar-refractivity contribution in [3.8, 4) is 17.2 Å². The zero-order valence-electron chi connectivity index (χ0n) is 11.6. The standard InChI is InChI=1S/C14H18N2O2S/c1-9(2)13-8-15-14(19)16(13)10-5-11(17-3)7-12(6-10)18-4/h5-9H,1-4H3,(H,15,19). The molecule has 0 spiro atoms. The van der Waals surface area contributed by atoms with Crippen molar-refractivity contribution in [1.29, 1.82) is 0 Å². The minimum atomic E-state index is 0.366. The fraction of sp³-hybridized carbons (Fsp3) is 0.357. The van der Waals surface area contributed by atoms with E-state index in [4.69, 9.17) is 21.7 Å². The van der Waals surface area contributed by atoms with Crippen molar-refractivity contribution in [1.82, 2.24) is 9.55 Å². The van der Waals surface area contributed by atoms with Crippen LogP contribution in [0.4, 0.5) is 0 Å². The minimum absolute atomic E-state index is 0.366. The van der Waals surface area contributed by atoms with Gasteiger partial charge in [-0.1, -0.05) is 13.8 Å². The summed E-state index contributed by atoms with van der Waals surface area (Å²) in [5, 5.41) is 0. The number of hydrogen-bond acceptors (Lipinski definition) is 3. The van der Waals surface area contributed by atoms with Crippen LogP contribution in [-0.2, 0) is 0 Å². The number of rotatable bonds is 4. The molecule has 0 atom stereocenters. The molecule has 0 unspecified atom stereocenters. The number of aromatic amines is 1. The molecule has 0 saturated heterocycles. The largest absolute Gasteiger partial charge is 0.497 e. The quantitative estimate of drug-likeness (QED) is 0.867. The van der Waals surface area contributed by atoms with Crippen LogP contribution in [0.25, 0.3) is 5.69 Å². The molecule has 0 bridgehead atoms. The fourth-order valence-electron chi connectivity index (χ4n) is 1.99. The Morgan fingerprint density at radius 2 is 1.68 bits per heavy atom. The molecule has 2 aromatic rings. The van der Waals surface area contributed by atoms with E-state index in [-0.39, 0.29) is 0 Å². The van der Waals surface area contributed by atoms with Gasteiger partial charge in [-0.2, -0.15) is 0 Å². The highest BCUT2D eigenvalue weighted by Gasteiger charge is 2.12. The maximum atomic E-state index is 5.36. The van der Waals surface area contributed by atoms with Gasteiger partial charge >= 0.3 is 0 Å². The van der Waals surface area contributed by atoms with Gasteiger partial charge in [-0.3, -0.25) is 4.57 Å². The highest BCUT2D eigenvalue weighted by Crippen LogP contribution is 2.27. The van der Waals surface area contributed by atoms with Crippen LogP contribution in [0, 0.1) is 4.77 Å². The smallest absolute Gasteiger partial charge is 0.182 e. The normalized spacial score (nSPS) is 10.8. The summed E-state index contributed by atoms with van der Waals surface area (Å²) in [6.45, 7) is 4.26. The molecule has 4 nitrogen and oxygen atoms in total. The molecule has 1 heterocycles. The average Bonchev–Trinajstić information content (AvgIpc) is 2.80. The topological polar surface area (TPSA) is 39.2 Å². The average molecular weight is 278 g/mol. The Morgan fingerprint density at radius 1 is 1.11 bits per heavy atom. The van der Waals surface area contributed by atoms with Crippen molar-refractivity contribution in [3.63, 3.8) is 0 Å². The molecule has 0 aliphatic heterocycles. The van der Waals surface area contributed by atoms with Gasteiger partial charge in [0.1, 0.15) is 11.5 Å². The first-order valence-corrected chi connectivity index (χ1v) is 6.51. The van der Waals surface area contributed by atoms with Gasteiger partial charge in [-0.05, 0) is 18.1 Å². The third kappa shape index (κ3) is 2.66. The Labute approximate surface area is 118 Å². The Balaban J connectivity index is 2.64. The van der Waals surface area contributed by atoms with E-state index in [2.05, 4.69) is 18.8 Å². The minimum Gasteiger partial charge on any atom is -0.497 e. The summed E-state index contributed by atoms with van der Waals surface area (Å²) in [7, 11) is 3.27. The number of methoxy groups -OCH3 is 2. The molecule has 0 saturated carbocycles. The van der Waals surface area contributed by atoms with E-state index in [0.717, 1.165) is 22.9 Å². The molecule has 0 amide bonds. The second-order valence-electron chi connectivity index (χ2n) is 4.58. The van der Waals surface area contributed by atoms with Gasteiger partial charge in [0, 0.05) is 30.1 Å². The third-order valence-corrected chi connectivity index (χ3v) is 3.29. The van der Waals surface area contributed by atoms with Crippen LogP contribution in [0.3, 0.4) is 0 Å². The molecule has 1 N–H and O–H groups in total. The lowest BCUT2D eigenvalue weighted by molar-refractivity contribution is 0.394. The third-order valence-electron chi connectivity index (χ3n) is 2.99. The molecule has 0 aliphatic carbocycles. The number of benzene rings is 1. The molecular weight excluding hydrogens is 260 g/mol. The molecule has 1 aromatic heterocycles. The van der Waals surface area contributed by atoms with Crippen LogP contribution in [0.2, 0.25) is 0 Å². The number of aromatic nitrogens is 2.